The Labute approximate surface area is 208 Å². The molecule has 0 amide bonds. The molecule has 7 nitrogen and oxygen atoms in total. The minimum Gasteiger partial charge on any atom is -0.398 e. The van der Waals surface area contributed by atoms with Gasteiger partial charge in [-0.3, -0.25) is 19.0 Å². The van der Waals surface area contributed by atoms with E-state index < -0.39 is 11.0 Å². The van der Waals surface area contributed by atoms with Crippen LogP contribution in [0.5, 0.6) is 0 Å². The van der Waals surface area contributed by atoms with E-state index in [-0.39, 0.29) is 53.8 Å². The molecule has 4 N–H and O–H groups in total. The number of aromatic nitrogens is 1. The van der Waals surface area contributed by atoms with Gasteiger partial charge in [0.05, 0.1) is 27.5 Å². The van der Waals surface area contributed by atoms with Gasteiger partial charge in [-0.2, -0.15) is 0 Å². The maximum absolute atomic E-state index is 13.3. The number of hydrogen-bond donors (Lipinski definition) is 2. The van der Waals surface area contributed by atoms with Gasteiger partial charge in [0.15, 0.2) is 10.9 Å². The molecule has 184 valence electrons. The number of nitrogens with two attached hydrogens (primary N) is 2. The van der Waals surface area contributed by atoms with Crippen LogP contribution in [-0.2, 0) is 11.3 Å². The first-order chi connectivity index (χ1) is 16.9. The highest BCUT2D eigenvalue weighted by Crippen LogP contribution is 2.34. The van der Waals surface area contributed by atoms with E-state index in [0.29, 0.717) is 26.2 Å². The van der Waals surface area contributed by atoms with Gasteiger partial charge in [0.1, 0.15) is 4.64 Å². The van der Waals surface area contributed by atoms with Gasteiger partial charge in [-0.05, 0) is 12.8 Å². The summed E-state index contributed by atoms with van der Waals surface area (Å²) in [7, 11) is 0. The number of anilines is 2. The lowest BCUT2D eigenvalue weighted by atomic mass is 9.97. The van der Waals surface area contributed by atoms with Crippen molar-refractivity contribution in [1.82, 2.24) is 4.57 Å². The fourth-order valence-electron chi connectivity index (χ4n) is 4.83. The molecule has 0 aliphatic rings. The Hall–Kier alpha value is -3.10. The second-order valence-corrected chi connectivity index (χ2v) is 9.41. The van der Waals surface area contributed by atoms with Crippen LogP contribution in [0.1, 0.15) is 51.9 Å². The van der Waals surface area contributed by atoms with Crippen molar-refractivity contribution < 1.29 is 4.74 Å². The average Bonchev–Trinajstić information content (AvgIpc) is 3.11. The van der Waals surface area contributed by atoms with Gasteiger partial charge in [0, 0.05) is 35.9 Å². The second-order valence-electron chi connectivity index (χ2n) is 9.03. The van der Waals surface area contributed by atoms with Crippen molar-refractivity contribution in [3.05, 3.63) is 59.7 Å². The topological polar surface area (TPSA) is 117 Å². The van der Waals surface area contributed by atoms with Crippen molar-refractivity contribution in [3.8, 4) is 0 Å². The van der Waals surface area contributed by atoms with E-state index in [0.717, 1.165) is 12.8 Å². The van der Waals surface area contributed by atoms with E-state index in [1.165, 1.54) is 30.3 Å². The minimum atomic E-state index is -0.414. The summed E-state index contributed by atoms with van der Waals surface area (Å²) in [6.45, 7) is 3.75. The normalized spacial score (nSPS) is 11.8. The molecule has 4 rings (SSSR count). The van der Waals surface area contributed by atoms with Gasteiger partial charge in [-0.15, -0.1) is 0 Å². The van der Waals surface area contributed by atoms with Crippen molar-refractivity contribution in [2.45, 2.75) is 58.4 Å². The number of hydrogen-bond acceptors (Lipinski definition) is 7. The highest BCUT2D eigenvalue weighted by Gasteiger charge is 2.23. The lowest BCUT2D eigenvalue weighted by Crippen LogP contribution is -2.19. The van der Waals surface area contributed by atoms with Crippen molar-refractivity contribution in [2.24, 2.45) is 0 Å². The molecule has 4 aromatic rings. The van der Waals surface area contributed by atoms with E-state index in [4.69, 9.17) is 28.4 Å². The van der Waals surface area contributed by atoms with Crippen molar-refractivity contribution in [3.63, 3.8) is 0 Å². The van der Waals surface area contributed by atoms with Gasteiger partial charge in [0.2, 0.25) is 0 Å². The first kappa shape index (κ1) is 25.0. The summed E-state index contributed by atoms with van der Waals surface area (Å²) in [5.74, 6) is 0. The Balaban J connectivity index is 1.62. The molecule has 0 saturated carbocycles. The van der Waals surface area contributed by atoms with E-state index in [1.807, 2.05) is 0 Å². The predicted molar refractivity (Wildman–Crippen MR) is 147 cm³/mol. The predicted octanol–water partition coefficient (Wildman–Crippen LogP) is 4.56. The zero-order valence-corrected chi connectivity index (χ0v) is 20.8. The highest BCUT2D eigenvalue weighted by molar-refractivity contribution is 7.71. The third kappa shape index (κ3) is 4.48. The van der Waals surface area contributed by atoms with Crippen LogP contribution in [0.15, 0.2) is 38.6 Å². The summed E-state index contributed by atoms with van der Waals surface area (Å²) < 4.78 is 7.39. The summed E-state index contributed by atoms with van der Waals surface area (Å²) in [6, 6.07) is 6.53. The Morgan fingerprint density at radius 3 is 1.94 bits per heavy atom. The van der Waals surface area contributed by atoms with E-state index >= 15 is 0 Å². The number of benzene rings is 3. The number of unbranched alkanes of at least 4 members (excludes halogenated alkanes) is 5. The van der Waals surface area contributed by atoms with Crippen molar-refractivity contribution in [2.75, 3.05) is 24.7 Å². The molecule has 0 bridgehead atoms. The molecule has 0 unspecified atom stereocenters. The number of nitrogen functional groups attached to an aromatic ring is 2. The second kappa shape index (κ2) is 10.7. The van der Waals surface area contributed by atoms with E-state index in [1.54, 1.807) is 24.3 Å². The molecule has 0 atom stereocenters. The number of fused-ring (bicyclic) bond motifs is 3. The van der Waals surface area contributed by atoms with Gasteiger partial charge in [-0.25, -0.2) is 0 Å². The molecule has 0 saturated heterocycles. The van der Waals surface area contributed by atoms with Gasteiger partial charge < -0.3 is 16.2 Å². The molecular weight excluding hydrogens is 462 g/mol. The summed E-state index contributed by atoms with van der Waals surface area (Å²) in [4.78, 5) is 39.7. The van der Waals surface area contributed by atoms with Crippen LogP contribution in [0.2, 0.25) is 0 Å². The fourth-order valence-corrected chi connectivity index (χ4v) is 5.22. The van der Waals surface area contributed by atoms with Crippen LogP contribution in [0, 0.1) is 4.64 Å². The quantitative estimate of drug-likeness (QED) is 0.103. The fraction of sp³-hybridized carbons (Fsp3) is 0.407. The average molecular weight is 494 g/mol. The first-order valence-electron chi connectivity index (χ1n) is 12.3. The smallest absolute Gasteiger partial charge is 0.261 e. The minimum absolute atomic E-state index is 0.00906. The molecule has 0 fully saturated rings. The first-order valence-corrected chi connectivity index (χ1v) is 12.7. The van der Waals surface area contributed by atoms with E-state index in [2.05, 4.69) is 6.92 Å². The summed E-state index contributed by atoms with van der Waals surface area (Å²) in [5.41, 5.74) is 11.5. The molecule has 1 aromatic heterocycles. The lowest BCUT2D eigenvalue weighted by molar-refractivity contribution is 0.124. The van der Waals surface area contributed by atoms with Crippen LogP contribution in [0.25, 0.3) is 32.3 Å². The molecular formula is C27H31N3O4S. The maximum atomic E-state index is 13.3. The summed E-state index contributed by atoms with van der Waals surface area (Å²) in [6.07, 6.45) is 7.80. The monoisotopic (exact) mass is 493 g/mol. The summed E-state index contributed by atoms with van der Waals surface area (Å²) in [5, 5.41) is 0.929. The number of ether oxygens (including phenoxy) is 1. The third-order valence-electron chi connectivity index (χ3n) is 6.68. The SMILES string of the molecule is CCCCCCCCOCCCn1c(=O)c2c(N)c3c(=O)c4ccccc4c(=O)c3c(N)c2c1=S. The zero-order chi connectivity index (χ0) is 25.1. The Morgan fingerprint density at radius 2 is 1.31 bits per heavy atom. The van der Waals surface area contributed by atoms with Gasteiger partial charge >= 0.3 is 0 Å². The molecule has 0 spiro atoms. The molecule has 1 heterocycles. The van der Waals surface area contributed by atoms with Gasteiger partial charge in [0.25, 0.3) is 5.56 Å². The highest BCUT2D eigenvalue weighted by atomic mass is 32.1. The Morgan fingerprint density at radius 1 is 0.771 bits per heavy atom. The van der Waals surface area contributed by atoms with E-state index in [9.17, 15) is 14.4 Å². The standard InChI is InChI=1S/C27H31N3O4S/c1-2-3-4-5-6-9-14-34-15-10-13-30-26(33)20-21(27(30)35)23(29)19-18(22(20)28)24(31)16-11-7-8-12-17(16)25(19)32/h7-8,11-12H,2-6,9-10,13-15,28-29H2,1H3. The molecule has 3 aromatic carbocycles. The Kier molecular flexibility index (Phi) is 7.62. The van der Waals surface area contributed by atoms with Crippen molar-refractivity contribution in [1.29, 1.82) is 0 Å². The van der Waals surface area contributed by atoms with Crippen molar-refractivity contribution >= 4 is 55.9 Å². The Bertz CT molecular complexity index is 1490. The van der Waals surface area contributed by atoms with Crippen LogP contribution in [-0.4, -0.2) is 17.8 Å². The molecule has 35 heavy (non-hydrogen) atoms. The van der Waals surface area contributed by atoms with Gasteiger partial charge in [-0.1, -0.05) is 75.5 Å². The molecule has 8 heteroatoms. The summed E-state index contributed by atoms with van der Waals surface area (Å²) >= 11 is 5.57. The maximum Gasteiger partial charge on any atom is 0.261 e. The molecule has 0 radical (unpaired) electrons. The molecule has 0 aliphatic carbocycles. The zero-order valence-electron chi connectivity index (χ0n) is 20.0. The largest absolute Gasteiger partial charge is 0.398 e. The molecule has 0 aliphatic heterocycles. The van der Waals surface area contributed by atoms with Crippen LogP contribution < -0.4 is 27.9 Å². The van der Waals surface area contributed by atoms with Crippen LogP contribution in [0.4, 0.5) is 11.4 Å². The number of nitrogens with zero attached hydrogens (tertiary/aromatic N) is 1. The lowest BCUT2D eigenvalue weighted by Gasteiger charge is -2.08. The van der Waals surface area contributed by atoms with Crippen LogP contribution >= 0.6 is 12.2 Å². The number of rotatable bonds is 11. The third-order valence-corrected chi connectivity index (χ3v) is 7.10. The van der Waals surface area contributed by atoms with Crippen LogP contribution in [0.3, 0.4) is 0 Å².